The van der Waals surface area contributed by atoms with Crippen LogP contribution in [-0.2, 0) is 9.31 Å². The number of aldehydes is 2. The van der Waals surface area contributed by atoms with Crippen molar-refractivity contribution in [3.8, 4) is 23.0 Å². The predicted octanol–water partition coefficient (Wildman–Crippen LogP) is 7.64. The zero-order valence-electron chi connectivity index (χ0n) is 22.8. The second-order valence-electron chi connectivity index (χ2n) is 10.1. The van der Waals surface area contributed by atoms with Crippen LogP contribution >= 0.6 is 15.9 Å². The lowest BCUT2D eigenvalue weighted by atomic mass is 9.76. The van der Waals surface area contributed by atoms with Crippen LogP contribution < -0.4 is 14.9 Å². The highest BCUT2D eigenvalue weighted by atomic mass is 79.9. The number of carbonyl (C=O) groups excluding carboxylic acids is 2. The normalized spacial score (nSPS) is 15.0. The third kappa shape index (κ3) is 7.07. The van der Waals surface area contributed by atoms with E-state index in [9.17, 15) is 9.59 Å². The number of halogens is 1. The average Bonchev–Trinajstić information content (AvgIpc) is 3.16. The van der Waals surface area contributed by atoms with Gasteiger partial charge in [-0.2, -0.15) is 0 Å². The Morgan fingerprint density at radius 1 is 0.625 bits per heavy atom. The van der Waals surface area contributed by atoms with Crippen molar-refractivity contribution in [3.05, 3.63) is 113 Å². The summed E-state index contributed by atoms with van der Waals surface area (Å²) in [5.41, 5.74) is 0.897. The molecule has 0 unspecified atom stereocenters. The molecular weight excluding hydrogens is 571 g/mol. The maximum absolute atomic E-state index is 11.4. The molecule has 1 aliphatic heterocycles. The number of para-hydroxylation sites is 2. The van der Waals surface area contributed by atoms with Crippen molar-refractivity contribution >= 4 is 41.1 Å². The molecule has 0 amide bonds. The molecule has 8 heteroatoms. The summed E-state index contributed by atoms with van der Waals surface area (Å²) in [6.45, 7) is 7.94. The molecule has 0 aliphatic carbocycles. The van der Waals surface area contributed by atoms with Gasteiger partial charge < -0.3 is 18.8 Å². The lowest BCUT2D eigenvalue weighted by Gasteiger charge is -2.32. The highest BCUT2D eigenvalue weighted by Gasteiger charge is 2.52. The Hall–Kier alpha value is -3.72. The van der Waals surface area contributed by atoms with Crippen LogP contribution in [0.25, 0.3) is 0 Å². The van der Waals surface area contributed by atoms with Gasteiger partial charge >= 0.3 is 7.12 Å². The molecule has 204 valence electrons. The standard InChI is InChI=1S/C19H21BO4.C13H9BrO2/c1-18(2)19(3,4)24-20(23-18)17-12-16(11-10-14(17)13-21)22-15-8-6-5-7-9-15;14-13-8-12(7-6-10(13)9-15)16-11-4-2-1-3-5-11/h5-13H,1-4H3;1-9H. The second kappa shape index (κ2) is 12.6. The topological polar surface area (TPSA) is 71.1 Å². The first-order chi connectivity index (χ1) is 19.1. The maximum Gasteiger partial charge on any atom is 0.495 e. The van der Waals surface area contributed by atoms with E-state index < -0.39 is 18.3 Å². The van der Waals surface area contributed by atoms with E-state index in [0.29, 0.717) is 28.1 Å². The summed E-state index contributed by atoms with van der Waals surface area (Å²) < 4.78 is 24.3. The first-order valence-corrected chi connectivity index (χ1v) is 13.6. The molecule has 0 atom stereocenters. The number of carbonyl (C=O) groups is 2. The maximum atomic E-state index is 11.4. The molecule has 1 saturated heterocycles. The summed E-state index contributed by atoms with van der Waals surface area (Å²) in [7, 11) is -0.602. The van der Waals surface area contributed by atoms with Crippen LogP contribution in [0.3, 0.4) is 0 Å². The number of benzene rings is 4. The van der Waals surface area contributed by atoms with Gasteiger partial charge in [-0.15, -0.1) is 0 Å². The van der Waals surface area contributed by atoms with Crippen molar-refractivity contribution in [3.63, 3.8) is 0 Å². The molecule has 0 N–H and O–H groups in total. The van der Waals surface area contributed by atoms with E-state index in [1.807, 2.05) is 88.4 Å². The van der Waals surface area contributed by atoms with E-state index in [1.165, 1.54) is 0 Å². The molecule has 1 aliphatic rings. The average molecular weight is 601 g/mol. The Morgan fingerprint density at radius 3 is 1.52 bits per heavy atom. The van der Waals surface area contributed by atoms with E-state index in [0.717, 1.165) is 28.5 Å². The SMILES string of the molecule is CC1(C)OB(c2cc(Oc3ccccc3)ccc2C=O)OC1(C)C.O=Cc1ccc(Oc2ccccc2)cc1Br. The first kappa shape index (κ1) is 29.3. The number of ether oxygens (including phenoxy) is 2. The summed E-state index contributed by atoms with van der Waals surface area (Å²) in [5.74, 6) is 2.84. The van der Waals surface area contributed by atoms with Crippen LogP contribution in [0.15, 0.2) is 102 Å². The number of hydrogen-bond acceptors (Lipinski definition) is 6. The Bertz CT molecular complexity index is 1440. The van der Waals surface area contributed by atoms with Gasteiger partial charge in [0.15, 0.2) is 6.29 Å². The fourth-order valence-corrected chi connectivity index (χ4v) is 4.27. The van der Waals surface area contributed by atoms with Gasteiger partial charge in [0.2, 0.25) is 0 Å². The minimum absolute atomic E-state index is 0.464. The zero-order chi connectivity index (χ0) is 28.8. The Morgan fingerprint density at radius 2 is 1.07 bits per heavy atom. The number of rotatable bonds is 7. The van der Waals surface area contributed by atoms with E-state index in [1.54, 1.807) is 36.4 Å². The van der Waals surface area contributed by atoms with Gasteiger partial charge in [0.25, 0.3) is 0 Å². The lowest BCUT2D eigenvalue weighted by Crippen LogP contribution is -2.41. The molecule has 4 aromatic rings. The van der Waals surface area contributed by atoms with Gasteiger partial charge in [-0.1, -0.05) is 36.4 Å². The van der Waals surface area contributed by atoms with Gasteiger partial charge in [0, 0.05) is 15.6 Å². The third-order valence-corrected chi connectivity index (χ3v) is 7.44. The fraction of sp³-hybridized carbons (Fsp3) is 0.188. The fourth-order valence-electron chi connectivity index (χ4n) is 3.81. The lowest BCUT2D eigenvalue weighted by molar-refractivity contribution is 0.00578. The minimum atomic E-state index is -0.602. The summed E-state index contributed by atoms with van der Waals surface area (Å²) in [6.07, 6.45) is 1.61. The van der Waals surface area contributed by atoms with E-state index in [2.05, 4.69) is 15.9 Å². The number of hydrogen-bond donors (Lipinski definition) is 0. The Balaban J connectivity index is 0.000000201. The van der Waals surface area contributed by atoms with E-state index >= 15 is 0 Å². The van der Waals surface area contributed by atoms with Crippen LogP contribution in [0.5, 0.6) is 23.0 Å². The molecule has 40 heavy (non-hydrogen) atoms. The third-order valence-electron chi connectivity index (χ3n) is 6.75. The monoisotopic (exact) mass is 600 g/mol. The molecule has 0 saturated carbocycles. The van der Waals surface area contributed by atoms with Crippen molar-refractivity contribution in [1.82, 2.24) is 0 Å². The molecule has 1 heterocycles. The second-order valence-corrected chi connectivity index (χ2v) is 11.0. The smallest absolute Gasteiger partial charge is 0.457 e. The van der Waals surface area contributed by atoms with Gasteiger partial charge in [0.1, 0.15) is 29.3 Å². The Kier molecular flexibility index (Phi) is 9.25. The first-order valence-electron chi connectivity index (χ1n) is 12.8. The van der Waals surface area contributed by atoms with Gasteiger partial charge in [-0.25, -0.2) is 0 Å². The zero-order valence-corrected chi connectivity index (χ0v) is 24.4. The molecular formula is C32H30BBrO6. The Labute approximate surface area is 243 Å². The summed E-state index contributed by atoms with van der Waals surface area (Å²) >= 11 is 3.31. The predicted molar refractivity (Wildman–Crippen MR) is 160 cm³/mol. The van der Waals surface area contributed by atoms with Crippen LogP contribution in [0.2, 0.25) is 0 Å². The van der Waals surface area contributed by atoms with Crippen LogP contribution in [0.4, 0.5) is 0 Å². The molecule has 0 radical (unpaired) electrons. The molecule has 0 bridgehead atoms. The molecule has 4 aromatic carbocycles. The summed E-state index contributed by atoms with van der Waals surface area (Å²) in [5, 5.41) is 0. The van der Waals surface area contributed by atoms with Crippen molar-refractivity contribution in [1.29, 1.82) is 0 Å². The highest BCUT2D eigenvalue weighted by Crippen LogP contribution is 2.37. The van der Waals surface area contributed by atoms with Crippen molar-refractivity contribution in [2.24, 2.45) is 0 Å². The largest absolute Gasteiger partial charge is 0.495 e. The van der Waals surface area contributed by atoms with Crippen LogP contribution in [-0.4, -0.2) is 30.9 Å². The van der Waals surface area contributed by atoms with Crippen molar-refractivity contribution < 1.29 is 28.4 Å². The van der Waals surface area contributed by atoms with Crippen molar-refractivity contribution in [2.45, 2.75) is 38.9 Å². The summed E-state index contributed by atoms with van der Waals surface area (Å²) in [4.78, 5) is 22.1. The molecule has 0 spiro atoms. The van der Waals surface area contributed by atoms with E-state index in [-0.39, 0.29) is 0 Å². The van der Waals surface area contributed by atoms with Gasteiger partial charge in [-0.05, 0) is 110 Å². The highest BCUT2D eigenvalue weighted by molar-refractivity contribution is 9.10. The van der Waals surface area contributed by atoms with Crippen LogP contribution in [0.1, 0.15) is 48.4 Å². The van der Waals surface area contributed by atoms with Gasteiger partial charge in [0.05, 0.1) is 11.2 Å². The molecule has 0 aromatic heterocycles. The van der Waals surface area contributed by atoms with Gasteiger partial charge in [-0.3, -0.25) is 9.59 Å². The quantitative estimate of drug-likeness (QED) is 0.160. The summed E-state index contributed by atoms with van der Waals surface area (Å²) in [6, 6.07) is 29.6. The molecule has 6 nitrogen and oxygen atoms in total. The molecule has 5 rings (SSSR count). The van der Waals surface area contributed by atoms with Crippen LogP contribution in [0, 0.1) is 0 Å². The van der Waals surface area contributed by atoms with Crippen molar-refractivity contribution in [2.75, 3.05) is 0 Å². The van der Waals surface area contributed by atoms with E-state index in [4.69, 9.17) is 18.8 Å². The minimum Gasteiger partial charge on any atom is -0.457 e. The molecule has 1 fully saturated rings.